The Morgan fingerprint density at radius 3 is 1.81 bits per heavy atom. The first-order chi connectivity index (χ1) is 12.3. The summed E-state index contributed by atoms with van der Waals surface area (Å²) in [7, 11) is 11.4. The number of quaternary nitrogens is 1. The predicted molar refractivity (Wildman–Crippen MR) is 119 cm³/mol. The Morgan fingerprint density at radius 1 is 0.692 bits per heavy atom. The molecule has 3 nitrogen and oxygen atoms in total. The highest BCUT2D eigenvalue weighted by atomic mass is 15.3. The smallest absolute Gasteiger partial charge is 0.0792 e. The van der Waals surface area contributed by atoms with Gasteiger partial charge < -0.3 is 14.3 Å². The van der Waals surface area contributed by atoms with Crippen molar-refractivity contribution in [3.8, 4) is 0 Å². The van der Waals surface area contributed by atoms with Crippen molar-refractivity contribution in [2.45, 2.75) is 90.5 Å². The molecule has 3 heteroatoms. The molecule has 0 aliphatic heterocycles. The second-order valence-electron chi connectivity index (χ2n) is 9.62. The molecule has 0 fully saturated rings. The molecule has 1 atom stereocenters. The number of hydrogen-bond donors (Lipinski definition) is 0. The largest absolute Gasteiger partial charge is 0.331 e. The molecular weight excluding hydrogens is 318 g/mol. The van der Waals surface area contributed by atoms with Crippen LogP contribution in [0, 0.1) is 0 Å². The van der Waals surface area contributed by atoms with Crippen LogP contribution in [-0.2, 0) is 0 Å². The molecule has 0 amide bonds. The SMILES string of the molecule is CCCCCCCCCCC(C)N(C)CCCN(C)CCC[N+](C)(C)C. The molecule has 0 saturated carbocycles. The van der Waals surface area contributed by atoms with Gasteiger partial charge in [0.25, 0.3) is 0 Å². The average molecular weight is 371 g/mol. The van der Waals surface area contributed by atoms with Gasteiger partial charge in [-0.1, -0.05) is 58.3 Å². The molecule has 0 aromatic rings. The van der Waals surface area contributed by atoms with E-state index in [9.17, 15) is 0 Å². The molecule has 0 spiro atoms. The van der Waals surface area contributed by atoms with Crippen LogP contribution >= 0.6 is 0 Å². The lowest BCUT2D eigenvalue weighted by Gasteiger charge is -2.27. The first-order valence-corrected chi connectivity index (χ1v) is 11.5. The molecule has 26 heavy (non-hydrogen) atoms. The lowest BCUT2D eigenvalue weighted by atomic mass is 10.0. The van der Waals surface area contributed by atoms with Gasteiger partial charge in [-0.3, -0.25) is 0 Å². The second-order valence-corrected chi connectivity index (χ2v) is 9.62. The predicted octanol–water partition coefficient (Wildman–Crippen LogP) is 5.26. The van der Waals surface area contributed by atoms with E-state index < -0.39 is 0 Å². The van der Waals surface area contributed by atoms with Crippen LogP contribution in [0.1, 0.15) is 84.5 Å². The van der Waals surface area contributed by atoms with Gasteiger partial charge in [0.2, 0.25) is 0 Å². The molecule has 0 aliphatic carbocycles. The fourth-order valence-electron chi connectivity index (χ4n) is 3.53. The fraction of sp³-hybridized carbons (Fsp3) is 1.00. The molecule has 0 radical (unpaired) electrons. The van der Waals surface area contributed by atoms with E-state index in [0.717, 1.165) is 10.5 Å². The number of hydrogen-bond acceptors (Lipinski definition) is 2. The fourth-order valence-corrected chi connectivity index (χ4v) is 3.53. The van der Waals surface area contributed by atoms with Gasteiger partial charge >= 0.3 is 0 Å². The third-order valence-electron chi connectivity index (χ3n) is 5.65. The van der Waals surface area contributed by atoms with E-state index in [1.807, 2.05) is 0 Å². The second kappa shape index (κ2) is 15.9. The average Bonchev–Trinajstić information content (AvgIpc) is 2.55. The molecule has 0 aromatic heterocycles. The monoisotopic (exact) mass is 370 g/mol. The van der Waals surface area contributed by atoms with Gasteiger partial charge in [0.1, 0.15) is 0 Å². The zero-order chi connectivity index (χ0) is 19.8. The quantitative estimate of drug-likeness (QED) is 0.240. The Hall–Kier alpha value is -0.120. The van der Waals surface area contributed by atoms with Crippen LogP contribution in [0.25, 0.3) is 0 Å². The standard InChI is InChI=1S/C23H52N3/c1-8-9-10-11-12-13-14-15-18-23(2)25(4)21-16-19-24(3)20-17-22-26(5,6)7/h23H,8-22H2,1-7H3/q+1. The molecule has 0 bridgehead atoms. The van der Waals surface area contributed by atoms with E-state index >= 15 is 0 Å². The van der Waals surface area contributed by atoms with Crippen molar-refractivity contribution >= 4 is 0 Å². The van der Waals surface area contributed by atoms with Gasteiger partial charge in [-0.2, -0.15) is 0 Å². The number of unbranched alkanes of at least 4 members (excludes halogenated alkanes) is 7. The molecule has 0 rings (SSSR count). The Kier molecular flexibility index (Phi) is 15.8. The van der Waals surface area contributed by atoms with Gasteiger partial charge in [0.15, 0.2) is 0 Å². The summed E-state index contributed by atoms with van der Waals surface area (Å²) < 4.78 is 1.08. The molecular formula is C23H52N3+. The minimum atomic E-state index is 0.735. The Balaban J connectivity index is 3.56. The summed E-state index contributed by atoms with van der Waals surface area (Å²) in [5, 5.41) is 0. The molecule has 0 aromatic carbocycles. The summed E-state index contributed by atoms with van der Waals surface area (Å²) in [5.74, 6) is 0. The summed E-state index contributed by atoms with van der Waals surface area (Å²) in [6.07, 6.45) is 15.4. The summed E-state index contributed by atoms with van der Waals surface area (Å²) in [6, 6.07) is 0.735. The summed E-state index contributed by atoms with van der Waals surface area (Å²) in [5.41, 5.74) is 0. The zero-order valence-corrected chi connectivity index (χ0v) is 19.5. The summed E-state index contributed by atoms with van der Waals surface area (Å²) >= 11 is 0. The highest BCUT2D eigenvalue weighted by molar-refractivity contribution is 4.65. The van der Waals surface area contributed by atoms with Crippen molar-refractivity contribution in [2.24, 2.45) is 0 Å². The van der Waals surface area contributed by atoms with Crippen molar-refractivity contribution < 1.29 is 4.48 Å². The highest BCUT2D eigenvalue weighted by Gasteiger charge is 2.10. The van der Waals surface area contributed by atoms with Gasteiger partial charge in [0, 0.05) is 19.0 Å². The van der Waals surface area contributed by atoms with E-state index in [1.54, 1.807) is 0 Å². The van der Waals surface area contributed by atoms with Crippen LogP contribution in [0.2, 0.25) is 0 Å². The Morgan fingerprint density at radius 2 is 1.23 bits per heavy atom. The van der Waals surface area contributed by atoms with Gasteiger partial charge in [-0.25, -0.2) is 0 Å². The van der Waals surface area contributed by atoms with Crippen LogP contribution in [0.4, 0.5) is 0 Å². The first kappa shape index (κ1) is 25.9. The molecule has 0 saturated heterocycles. The highest BCUT2D eigenvalue weighted by Crippen LogP contribution is 2.12. The molecule has 158 valence electrons. The molecule has 0 N–H and O–H groups in total. The Labute approximate surface area is 166 Å². The molecule has 0 heterocycles. The third kappa shape index (κ3) is 17.3. The zero-order valence-electron chi connectivity index (χ0n) is 19.5. The number of rotatable bonds is 18. The van der Waals surface area contributed by atoms with Gasteiger partial charge in [0.05, 0.1) is 27.7 Å². The van der Waals surface area contributed by atoms with Crippen molar-refractivity contribution in [1.82, 2.24) is 9.80 Å². The van der Waals surface area contributed by atoms with E-state index in [1.165, 1.54) is 96.8 Å². The van der Waals surface area contributed by atoms with E-state index in [-0.39, 0.29) is 0 Å². The van der Waals surface area contributed by atoms with Crippen LogP contribution in [0.5, 0.6) is 0 Å². The maximum atomic E-state index is 2.57. The van der Waals surface area contributed by atoms with Gasteiger partial charge in [-0.05, 0) is 47.0 Å². The van der Waals surface area contributed by atoms with Crippen LogP contribution < -0.4 is 0 Å². The maximum Gasteiger partial charge on any atom is 0.0792 e. The Bertz CT molecular complexity index is 298. The van der Waals surface area contributed by atoms with E-state index in [2.05, 4.69) is 58.9 Å². The third-order valence-corrected chi connectivity index (χ3v) is 5.65. The van der Waals surface area contributed by atoms with Crippen LogP contribution in [0.3, 0.4) is 0 Å². The topological polar surface area (TPSA) is 6.48 Å². The van der Waals surface area contributed by atoms with E-state index in [0.29, 0.717) is 0 Å². The van der Waals surface area contributed by atoms with Crippen molar-refractivity contribution in [3.63, 3.8) is 0 Å². The van der Waals surface area contributed by atoms with Crippen molar-refractivity contribution in [2.75, 3.05) is 61.4 Å². The van der Waals surface area contributed by atoms with Gasteiger partial charge in [-0.15, -0.1) is 0 Å². The van der Waals surface area contributed by atoms with Crippen LogP contribution in [0.15, 0.2) is 0 Å². The van der Waals surface area contributed by atoms with E-state index in [4.69, 9.17) is 0 Å². The lowest BCUT2D eigenvalue weighted by molar-refractivity contribution is -0.870. The summed E-state index contributed by atoms with van der Waals surface area (Å²) in [6.45, 7) is 9.66. The minimum absolute atomic E-state index is 0.735. The first-order valence-electron chi connectivity index (χ1n) is 11.5. The molecule has 0 aliphatic rings. The van der Waals surface area contributed by atoms with Crippen LogP contribution in [-0.4, -0.2) is 81.7 Å². The lowest BCUT2D eigenvalue weighted by Crippen LogP contribution is -2.37. The summed E-state index contributed by atoms with van der Waals surface area (Å²) in [4.78, 5) is 5.08. The molecule has 1 unspecified atom stereocenters. The van der Waals surface area contributed by atoms with Crippen molar-refractivity contribution in [1.29, 1.82) is 0 Å². The maximum absolute atomic E-state index is 2.57. The minimum Gasteiger partial charge on any atom is -0.331 e. The van der Waals surface area contributed by atoms with Crippen molar-refractivity contribution in [3.05, 3.63) is 0 Å². The normalized spacial score (nSPS) is 13.7. The number of nitrogens with zero attached hydrogens (tertiary/aromatic N) is 3.